The lowest BCUT2D eigenvalue weighted by Gasteiger charge is -2.03. The van der Waals surface area contributed by atoms with Gasteiger partial charge < -0.3 is 9.73 Å². The van der Waals surface area contributed by atoms with E-state index < -0.39 is 9.84 Å². The number of aromatic nitrogens is 2. The van der Waals surface area contributed by atoms with E-state index in [-0.39, 0.29) is 5.75 Å². The second kappa shape index (κ2) is 6.70. The monoisotopic (exact) mass is 345 g/mol. The molecule has 7 heteroatoms. The number of fused-ring (bicyclic) bond motifs is 1. The van der Waals surface area contributed by atoms with Gasteiger partial charge in [-0.2, -0.15) is 0 Å². The first-order chi connectivity index (χ1) is 11.4. The third kappa shape index (κ3) is 3.98. The summed E-state index contributed by atoms with van der Waals surface area (Å²) in [6, 6.07) is 9.74. The van der Waals surface area contributed by atoms with Crippen molar-refractivity contribution in [3.05, 3.63) is 48.1 Å². The highest BCUT2D eigenvalue weighted by atomic mass is 32.2. The maximum Gasteiger partial charge on any atom is 0.148 e. The first kappa shape index (κ1) is 16.6. The standard InChI is InChI=1S/C17H19N3O3S/c1-12-15-9-13(3-5-16(15)20-11-19-12)17-6-4-14(23-17)10-18-7-8-24(2,21)22/h3-6,9,11,18H,7-8,10H2,1-2H3. The number of nitrogens with one attached hydrogen (secondary N) is 1. The Morgan fingerprint density at radius 3 is 2.79 bits per heavy atom. The van der Waals surface area contributed by atoms with Crippen molar-refractivity contribution in [2.45, 2.75) is 13.5 Å². The molecule has 0 fully saturated rings. The predicted octanol–water partition coefficient (Wildman–Crippen LogP) is 2.33. The van der Waals surface area contributed by atoms with Crippen LogP contribution >= 0.6 is 0 Å². The fraction of sp³-hybridized carbons (Fsp3) is 0.294. The lowest BCUT2D eigenvalue weighted by molar-refractivity contribution is 0.498. The van der Waals surface area contributed by atoms with Crippen molar-refractivity contribution >= 4 is 20.7 Å². The second-order valence-electron chi connectivity index (χ2n) is 5.76. The van der Waals surface area contributed by atoms with Crippen LogP contribution in [0.15, 0.2) is 41.1 Å². The Labute approximate surface area is 140 Å². The zero-order valence-corrected chi connectivity index (χ0v) is 14.4. The first-order valence-corrected chi connectivity index (χ1v) is 9.67. The van der Waals surface area contributed by atoms with Crippen LogP contribution in [0.4, 0.5) is 0 Å². The van der Waals surface area contributed by atoms with E-state index in [1.165, 1.54) is 6.26 Å². The molecule has 0 amide bonds. The summed E-state index contributed by atoms with van der Waals surface area (Å²) in [5, 5.41) is 4.07. The molecule has 0 radical (unpaired) electrons. The van der Waals surface area contributed by atoms with Crippen LogP contribution in [0.3, 0.4) is 0 Å². The van der Waals surface area contributed by atoms with E-state index in [0.717, 1.165) is 33.7 Å². The van der Waals surface area contributed by atoms with Gasteiger partial charge in [0.05, 0.1) is 17.8 Å². The number of rotatable bonds is 6. The molecule has 3 aromatic rings. The zero-order valence-electron chi connectivity index (χ0n) is 13.6. The molecule has 2 heterocycles. The van der Waals surface area contributed by atoms with Crippen LogP contribution in [0, 0.1) is 6.92 Å². The smallest absolute Gasteiger partial charge is 0.148 e. The number of hydrogen-bond donors (Lipinski definition) is 1. The Balaban J connectivity index is 1.72. The lowest BCUT2D eigenvalue weighted by Crippen LogP contribution is -2.21. The summed E-state index contributed by atoms with van der Waals surface area (Å²) >= 11 is 0. The van der Waals surface area contributed by atoms with Crippen molar-refractivity contribution in [1.82, 2.24) is 15.3 Å². The number of aryl methyl sites for hydroxylation is 1. The van der Waals surface area contributed by atoms with Crippen LogP contribution in [0.1, 0.15) is 11.5 Å². The van der Waals surface area contributed by atoms with Crippen LogP contribution in [-0.4, -0.2) is 36.9 Å². The molecule has 0 atom stereocenters. The van der Waals surface area contributed by atoms with Crippen molar-refractivity contribution in [3.8, 4) is 11.3 Å². The van der Waals surface area contributed by atoms with Gasteiger partial charge in [0.2, 0.25) is 0 Å². The van der Waals surface area contributed by atoms with Crippen molar-refractivity contribution in [1.29, 1.82) is 0 Å². The van der Waals surface area contributed by atoms with Crippen LogP contribution in [0.2, 0.25) is 0 Å². The van der Waals surface area contributed by atoms with Gasteiger partial charge in [-0.25, -0.2) is 18.4 Å². The summed E-state index contributed by atoms with van der Waals surface area (Å²) in [4.78, 5) is 8.47. The summed E-state index contributed by atoms with van der Waals surface area (Å²) in [5.74, 6) is 1.64. The molecule has 1 N–H and O–H groups in total. The van der Waals surface area contributed by atoms with Gasteiger partial charge >= 0.3 is 0 Å². The maximum absolute atomic E-state index is 11.1. The molecule has 0 saturated heterocycles. The van der Waals surface area contributed by atoms with Gasteiger partial charge in [-0.15, -0.1) is 0 Å². The predicted molar refractivity (Wildman–Crippen MR) is 93.4 cm³/mol. The molecule has 0 unspecified atom stereocenters. The highest BCUT2D eigenvalue weighted by Gasteiger charge is 2.08. The Morgan fingerprint density at radius 2 is 2.00 bits per heavy atom. The molecule has 1 aromatic carbocycles. The van der Waals surface area contributed by atoms with Gasteiger partial charge in [0.1, 0.15) is 27.7 Å². The van der Waals surface area contributed by atoms with Crippen LogP contribution in [0.25, 0.3) is 22.2 Å². The summed E-state index contributed by atoms with van der Waals surface area (Å²) in [6.45, 7) is 2.85. The Morgan fingerprint density at radius 1 is 1.17 bits per heavy atom. The minimum Gasteiger partial charge on any atom is -0.460 e. The van der Waals surface area contributed by atoms with Gasteiger partial charge in [0, 0.05) is 29.4 Å². The SMILES string of the molecule is Cc1ncnc2ccc(-c3ccc(CNCCS(C)(=O)=O)o3)cc12. The van der Waals surface area contributed by atoms with Gasteiger partial charge in [-0.1, -0.05) is 0 Å². The molecule has 0 saturated carbocycles. The zero-order chi connectivity index (χ0) is 17.2. The average molecular weight is 345 g/mol. The van der Waals surface area contributed by atoms with E-state index in [1.54, 1.807) is 6.33 Å². The number of hydrogen-bond acceptors (Lipinski definition) is 6. The molecule has 0 bridgehead atoms. The van der Waals surface area contributed by atoms with Crippen molar-refractivity contribution < 1.29 is 12.8 Å². The molecule has 0 aliphatic carbocycles. The van der Waals surface area contributed by atoms with E-state index in [9.17, 15) is 8.42 Å². The summed E-state index contributed by atoms with van der Waals surface area (Å²) in [7, 11) is -2.95. The number of sulfone groups is 1. The van der Waals surface area contributed by atoms with Gasteiger partial charge in [-0.3, -0.25) is 0 Å². The maximum atomic E-state index is 11.1. The van der Waals surface area contributed by atoms with E-state index in [2.05, 4.69) is 15.3 Å². The van der Waals surface area contributed by atoms with E-state index >= 15 is 0 Å². The molecule has 2 aromatic heterocycles. The molecular weight excluding hydrogens is 326 g/mol. The lowest BCUT2D eigenvalue weighted by atomic mass is 10.1. The largest absolute Gasteiger partial charge is 0.460 e. The van der Waals surface area contributed by atoms with Crippen molar-refractivity contribution in [2.24, 2.45) is 0 Å². The number of furan rings is 1. The third-order valence-electron chi connectivity index (χ3n) is 3.73. The summed E-state index contributed by atoms with van der Waals surface area (Å²) < 4.78 is 28.0. The van der Waals surface area contributed by atoms with Gasteiger partial charge in [0.15, 0.2) is 0 Å². The molecule has 0 spiro atoms. The first-order valence-electron chi connectivity index (χ1n) is 7.61. The molecule has 126 valence electrons. The second-order valence-corrected chi connectivity index (χ2v) is 8.02. The Kier molecular flexibility index (Phi) is 4.64. The molecule has 24 heavy (non-hydrogen) atoms. The van der Waals surface area contributed by atoms with E-state index in [1.807, 2.05) is 37.3 Å². The van der Waals surface area contributed by atoms with E-state index in [4.69, 9.17) is 4.42 Å². The average Bonchev–Trinajstić information content (AvgIpc) is 3.00. The molecule has 0 aliphatic rings. The minimum absolute atomic E-state index is 0.116. The normalized spacial score (nSPS) is 11.9. The fourth-order valence-electron chi connectivity index (χ4n) is 2.44. The molecule has 6 nitrogen and oxygen atoms in total. The number of nitrogens with zero attached hydrogens (tertiary/aromatic N) is 2. The van der Waals surface area contributed by atoms with Crippen molar-refractivity contribution in [3.63, 3.8) is 0 Å². The molecular formula is C17H19N3O3S. The van der Waals surface area contributed by atoms with Crippen LogP contribution < -0.4 is 5.32 Å². The third-order valence-corrected chi connectivity index (χ3v) is 4.68. The molecule has 3 rings (SSSR count). The summed E-state index contributed by atoms with van der Waals surface area (Å²) in [6.07, 6.45) is 2.79. The Hall–Kier alpha value is -2.25. The topological polar surface area (TPSA) is 85.1 Å². The van der Waals surface area contributed by atoms with Gasteiger partial charge in [-0.05, 0) is 37.3 Å². The van der Waals surface area contributed by atoms with Crippen LogP contribution in [0.5, 0.6) is 0 Å². The van der Waals surface area contributed by atoms with Gasteiger partial charge in [0.25, 0.3) is 0 Å². The molecule has 0 aliphatic heterocycles. The Bertz CT molecular complexity index is 964. The fourth-order valence-corrected chi connectivity index (χ4v) is 2.95. The van der Waals surface area contributed by atoms with Crippen LogP contribution in [-0.2, 0) is 16.4 Å². The van der Waals surface area contributed by atoms with E-state index in [0.29, 0.717) is 13.1 Å². The highest BCUT2D eigenvalue weighted by molar-refractivity contribution is 7.90. The highest BCUT2D eigenvalue weighted by Crippen LogP contribution is 2.26. The summed E-state index contributed by atoms with van der Waals surface area (Å²) in [5.41, 5.74) is 2.79. The quantitative estimate of drug-likeness (QED) is 0.690. The minimum atomic E-state index is -2.95. The van der Waals surface area contributed by atoms with Crippen molar-refractivity contribution in [2.75, 3.05) is 18.6 Å². The number of benzene rings is 1.